The van der Waals surface area contributed by atoms with Gasteiger partial charge in [-0.2, -0.15) is 0 Å². The summed E-state index contributed by atoms with van der Waals surface area (Å²) in [5.41, 5.74) is 0.322. The molecule has 4 heteroatoms. The van der Waals surface area contributed by atoms with Gasteiger partial charge in [-0.1, -0.05) is 48.2 Å². The van der Waals surface area contributed by atoms with E-state index < -0.39 is 17.5 Å². The molecule has 0 atom stereocenters. The Labute approximate surface area is 103 Å². The minimum absolute atomic E-state index is 0.322. The summed E-state index contributed by atoms with van der Waals surface area (Å²) in [5.74, 6) is -3.45. The van der Waals surface area contributed by atoms with Gasteiger partial charge in [0.25, 0.3) is 5.78 Å². The molecule has 0 aliphatic carbocycles. The molecule has 0 aliphatic rings. The maximum atomic E-state index is 11.8. The van der Waals surface area contributed by atoms with Gasteiger partial charge in [0, 0.05) is 0 Å². The van der Waals surface area contributed by atoms with Crippen LogP contribution in [0.15, 0.2) is 48.5 Å². The van der Waals surface area contributed by atoms with Crippen molar-refractivity contribution in [1.29, 1.82) is 0 Å². The Morgan fingerprint density at radius 1 is 1.06 bits per heavy atom. The van der Waals surface area contributed by atoms with Crippen molar-refractivity contribution in [3.05, 3.63) is 54.1 Å². The summed E-state index contributed by atoms with van der Waals surface area (Å²) in [6.45, 7) is 0. The summed E-state index contributed by atoms with van der Waals surface area (Å²) in [6.07, 6.45) is 0.601. The number of aliphatic carboxylic acids is 1. The summed E-state index contributed by atoms with van der Waals surface area (Å²) in [4.78, 5) is 21.4. The molecule has 0 saturated heterocycles. The van der Waals surface area contributed by atoms with Gasteiger partial charge in [-0.15, -0.1) is 0 Å². The molecule has 4 nitrogen and oxygen atoms in total. The van der Waals surface area contributed by atoms with E-state index in [1.165, 1.54) is 0 Å². The monoisotopic (exact) mass is 241 g/mol. The second-order valence-electron chi connectivity index (χ2n) is 3.70. The second kappa shape index (κ2) is 4.71. The largest absolute Gasteiger partial charge is 0.872 e. The summed E-state index contributed by atoms with van der Waals surface area (Å²) in [6, 6.07) is 12.3. The van der Waals surface area contributed by atoms with Crippen LogP contribution in [0.2, 0.25) is 0 Å². The lowest BCUT2D eigenvalue weighted by atomic mass is 10.0. The summed E-state index contributed by atoms with van der Waals surface area (Å²) in [7, 11) is 0. The third-order valence-corrected chi connectivity index (χ3v) is 2.53. The molecule has 0 heterocycles. The zero-order valence-electron chi connectivity index (χ0n) is 9.29. The first-order chi connectivity index (χ1) is 8.59. The molecule has 2 rings (SSSR count). The van der Waals surface area contributed by atoms with Crippen molar-refractivity contribution in [2.24, 2.45) is 0 Å². The van der Waals surface area contributed by atoms with Gasteiger partial charge in [0.1, 0.15) is 0 Å². The third kappa shape index (κ3) is 2.22. The van der Waals surface area contributed by atoms with Gasteiger partial charge in [0.05, 0.1) is 0 Å². The van der Waals surface area contributed by atoms with Crippen LogP contribution in [0.5, 0.6) is 0 Å². The average molecular weight is 241 g/mol. The predicted octanol–water partition coefficient (Wildman–Crippen LogP) is 1.19. The molecule has 0 amide bonds. The molecule has 0 saturated carbocycles. The molecule has 18 heavy (non-hydrogen) atoms. The van der Waals surface area contributed by atoms with E-state index in [0.717, 1.165) is 5.39 Å². The van der Waals surface area contributed by atoms with Crippen molar-refractivity contribution >= 4 is 28.3 Å². The van der Waals surface area contributed by atoms with Gasteiger partial charge in [0.2, 0.25) is 0 Å². The lowest BCUT2D eigenvalue weighted by Crippen LogP contribution is -2.13. The summed E-state index contributed by atoms with van der Waals surface area (Å²) < 4.78 is 0. The van der Waals surface area contributed by atoms with Crippen LogP contribution in [0.4, 0.5) is 0 Å². The number of hydrogen-bond donors (Lipinski definition) is 1. The van der Waals surface area contributed by atoms with Crippen LogP contribution in [-0.2, 0) is 9.59 Å². The second-order valence-corrected chi connectivity index (χ2v) is 3.70. The van der Waals surface area contributed by atoms with Gasteiger partial charge in [-0.25, -0.2) is 4.79 Å². The number of hydrogen-bond acceptors (Lipinski definition) is 3. The predicted molar refractivity (Wildman–Crippen MR) is 64.6 cm³/mol. The number of carbonyl (C=O) groups is 2. The Morgan fingerprint density at radius 3 is 2.44 bits per heavy atom. The van der Waals surface area contributed by atoms with Crippen LogP contribution < -0.4 is 5.11 Å². The lowest BCUT2D eigenvalue weighted by molar-refractivity contribution is -0.243. The SMILES string of the molecule is O=C(O)C(=O)/C=C(\[O-])c1cccc2ccccc12. The van der Waals surface area contributed by atoms with Crippen LogP contribution >= 0.6 is 0 Å². The van der Waals surface area contributed by atoms with Gasteiger partial charge < -0.3 is 10.2 Å². The van der Waals surface area contributed by atoms with E-state index in [4.69, 9.17) is 5.11 Å². The summed E-state index contributed by atoms with van der Waals surface area (Å²) in [5, 5.41) is 21.8. The minimum atomic E-state index is -1.64. The normalized spacial score (nSPS) is 11.4. The molecule has 1 N–H and O–H groups in total. The van der Waals surface area contributed by atoms with E-state index in [1.54, 1.807) is 24.3 Å². The van der Waals surface area contributed by atoms with Gasteiger partial charge in [0.15, 0.2) is 0 Å². The molecular weight excluding hydrogens is 232 g/mol. The quantitative estimate of drug-likeness (QED) is 0.497. The highest BCUT2D eigenvalue weighted by molar-refractivity contribution is 6.38. The molecular formula is C14H9O4-. The highest BCUT2D eigenvalue weighted by Crippen LogP contribution is 2.22. The smallest absolute Gasteiger partial charge is 0.376 e. The van der Waals surface area contributed by atoms with Crippen molar-refractivity contribution in [3.63, 3.8) is 0 Å². The number of ketones is 1. The molecule has 2 aromatic rings. The van der Waals surface area contributed by atoms with E-state index >= 15 is 0 Å². The molecule has 90 valence electrons. The third-order valence-electron chi connectivity index (χ3n) is 2.53. The standard InChI is InChI=1S/C14H10O4/c15-12(8-13(16)14(17)18)11-7-3-5-9-4-1-2-6-10(9)11/h1-8,15H,(H,17,18)/p-1/b12-8-. The van der Waals surface area contributed by atoms with Crippen LogP contribution in [0.1, 0.15) is 5.56 Å². The Bertz CT molecular complexity index is 650. The van der Waals surface area contributed by atoms with Crippen LogP contribution in [0, 0.1) is 0 Å². The number of carboxylic acids is 1. The van der Waals surface area contributed by atoms with Gasteiger partial charge in [-0.05, 0) is 22.4 Å². The van der Waals surface area contributed by atoms with E-state index in [9.17, 15) is 14.7 Å². The highest BCUT2D eigenvalue weighted by Gasteiger charge is 2.07. The number of benzene rings is 2. The average Bonchev–Trinajstić information content (AvgIpc) is 2.37. The fourth-order valence-electron chi connectivity index (χ4n) is 1.70. The van der Waals surface area contributed by atoms with Gasteiger partial charge in [-0.3, -0.25) is 4.79 Å². The molecule has 0 fully saturated rings. The number of fused-ring (bicyclic) bond motifs is 1. The van der Waals surface area contributed by atoms with Crippen molar-refractivity contribution in [2.75, 3.05) is 0 Å². The van der Waals surface area contributed by atoms with Crippen LogP contribution in [-0.4, -0.2) is 16.9 Å². The molecule has 2 aromatic carbocycles. The molecule has 0 unspecified atom stereocenters. The van der Waals surface area contributed by atoms with Gasteiger partial charge >= 0.3 is 5.97 Å². The molecule has 0 aromatic heterocycles. The number of carboxylic acid groups (broad SMARTS) is 1. The summed E-state index contributed by atoms with van der Waals surface area (Å²) >= 11 is 0. The van der Waals surface area contributed by atoms with Crippen molar-refractivity contribution < 1.29 is 19.8 Å². The lowest BCUT2D eigenvalue weighted by Gasteiger charge is -2.14. The van der Waals surface area contributed by atoms with Crippen LogP contribution in [0.25, 0.3) is 16.5 Å². The zero-order valence-corrected chi connectivity index (χ0v) is 9.29. The Balaban J connectivity index is 2.55. The van der Waals surface area contributed by atoms with E-state index in [0.29, 0.717) is 17.0 Å². The fourth-order valence-corrected chi connectivity index (χ4v) is 1.70. The highest BCUT2D eigenvalue weighted by atomic mass is 16.4. The first-order valence-corrected chi connectivity index (χ1v) is 5.23. The van der Waals surface area contributed by atoms with Crippen molar-refractivity contribution in [1.82, 2.24) is 0 Å². The fraction of sp³-hybridized carbons (Fsp3) is 0. The van der Waals surface area contributed by atoms with E-state index in [1.807, 2.05) is 18.2 Å². The number of carbonyl (C=O) groups excluding carboxylic acids is 1. The minimum Gasteiger partial charge on any atom is -0.872 e. The van der Waals surface area contributed by atoms with Crippen LogP contribution in [0.3, 0.4) is 0 Å². The van der Waals surface area contributed by atoms with E-state index in [-0.39, 0.29) is 0 Å². The van der Waals surface area contributed by atoms with E-state index in [2.05, 4.69) is 0 Å². The molecule has 0 bridgehead atoms. The topological polar surface area (TPSA) is 77.4 Å². The Hall–Kier alpha value is -2.62. The Kier molecular flexibility index (Phi) is 3.10. The molecule has 0 spiro atoms. The van der Waals surface area contributed by atoms with Crippen molar-refractivity contribution in [3.8, 4) is 0 Å². The maximum absolute atomic E-state index is 11.8. The Morgan fingerprint density at radius 2 is 1.72 bits per heavy atom. The maximum Gasteiger partial charge on any atom is 0.376 e. The first-order valence-electron chi connectivity index (χ1n) is 5.23. The molecule has 0 radical (unpaired) electrons. The number of rotatable bonds is 3. The molecule has 0 aliphatic heterocycles. The zero-order chi connectivity index (χ0) is 13.1. The first kappa shape index (κ1) is 11.9. The van der Waals surface area contributed by atoms with Crippen molar-refractivity contribution in [2.45, 2.75) is 0 Å².